The molecule has 1 aliphatic heterocycles. The van der Waals surface area contributed by atoms with Gasteiger partial charge in [0.05, 0.1) is 11.4 Å². The molecule has 7 heteroatoms. The molecule has 25 heavy (non-hydrogen) atoms. The number of benzene rings is 1. The number of nitrogens with zero attached hydrogens (tertiary/aromatic N) is 3. The largest absolute Gasteiger partial charge is 0.272 e. The Hall–Kier alpha value is -1.99. The molecule has 0 radical (unpaired) electrons. The highest BCUT2D eigenvalue weighted by molar-refractivity contribution is 7.89. The second-order valence-electron chi connectivity index (χ2n) is 6.88. The zero-order valence-electron chi connectivity index (χ0n) is 14.4. The summed E-state index contributed by atoms with van der Waals surface area (Å²) in [4.78, 5) is 12.5. The summed E-state index contributed by atoms with van der Waals surface area (Å²) in [6.07, 6.45) is 2.42. The second-order valence-corrected chi connectivity index (χ2v) is 8.76. The van der Waals surface area contributed by atoms with Crippen molar-refractivity contribution in [2.24, 2.45) is 5.92 Å². The Bertz CT molecular complexity index is 958. The van der Waals surface area contributed by atoms with Gasteiger partial charge >= 0.3 is 0 Å². The number of fused-ring (bicyclic) bond motifs is 1. The number of carbonyl (C=O) groups is 1. The van der Waals surface area contributed by atoms with E-state index in [1.165, 1.54) is 14.6 Å². The molecule has 1 aromatic heterocycles. The maximum Gasteiger partial charge on any atom is 0.250 e. The van der Waals surface area contributed by atoms with E-state index in [0.29, 0.717) is 30.9 Å². The quantitative estimate of drug-likeness (QED) is 0.843. The Morgan fingerprint density at radius 3 is 2.52 bits per heavy atom. The van der Waals surface area contributed by atoms with Gasteiger partial charge in [0.1, 0.15) is 4.90 Å². The van der Waals surface area contributed by atoms with Crippen LogP contribution in [0.5, 0.6) is 0 Å². The standard InChI is InChI=1S/C18H21N3O3S/c1-12-17(13(2)21(19-12)18(22)15-7-8-15)25(23,24)20-10-9-14-5-3-4-6-16(14)11-20/h3-6,15H,7-11H2,1-2H3. The number of aromatic nitrogens is 2. The smallest absolute Gasteiger partial charge is 0.250 e. The van der Waals surface area contributed by atoms with Gasteiger partial charge in [-0.3, -0.25) is 4.79 Å². The van der Waals surface area contributed by atoms with Crippen molar-refractivity contribution in [3.05, 3.63) is 46.8 Å². The number of rotatable bonds is 3. The maximum absolute atomic E-state index is 13.2. The Balaban J connectivity index is 1.70. The van der Waals surface area contributed by atoms with Crippen LogP contribution >= 0.6 is 0 Å². The van der Waals surface area contributed by atoms with E-state index < -0.39 is 10.0 Å². The molecule has 132 valence electrons. The van der Waals surface area contributed by atoms with Crippen LogP contribution in [0.3, 0.4) is 0 Å². The second kappa shape index (κ2) is 5.78. The molecule has 0 saturated heterocycles. The van der Waals surface area contributed by atoms with Crippen molar-refractivity contribution in [2.45, 2.75) is 44.6 Å². The van der Waals surface area contributed by atoms with Crippen LogP contribution < -0.4 is 0 Å². The molecule has 0 atom stereocenters. The van der Waals surface area contributed by atoms with Crippen molar-refractivity contribution in [3.63, 3.8) is 0 Å². The Kier molecular flexibility index (Phi) is 3.81. The van der Waals surface area contributed by atoms with Crippen LogP contribution in [0.1, 0.15) is 40.2 Å². The van der Waals surface area contributed by atoms with Gasteiger partial charge in [0.2, 0.25) is 15.9 Å². The van der Waals surface area contributed by atoms with Gasteiger partial charge in [-0.05, 0) is 44.2 Å². The van der Waals surface area contributed by atoms with Crippen LogP contribution in [0, 0.1) is 19.8 Å². The maximum atomic E-state index is 13.2. The highest BCUT2D eigenvalue weighted by Gasteiger charge is 2.37. The van der Waals surface area contributed by atoms with Crippen LogP contribution in [-0.4, -0.2) is 35.0 Å². The first kappa shape index (κ1) is 16.5. The molecular formula is C18H21N3O3S. The zero-order chi connectivity index (χ0) is 17.8. The van der Waals surface area contributed by atoms with E-state index in [-0.39, 0.29) is 16.7 Å². The molecule has 2 heterocycles. The first-order chi connectivity index (χ1) is 11.9. The van der Waals surface area contributed by atoms with Gasteiger partial charge < -0.3 is 0 Å². The SMILES string of the molecule is Cc1nn(C(=O)C2CC2)c(C)c1S(=O)(=O)N1CCc2ccccc2C1. The molecule has 0 amide bonds. The van der Waals surface area contributed by atoms with Gasteiger partial charge in [-0.25, -0.2) is 13.1 Å². The predicted molar refractivity (Wildman–Crippen MR) is 92.8 cm³/mol. The van der Waals surface area contributed by atoms with Crippen molar-refractivity contribution in [1.29, 1.82) is 0 Å². The molecule has 1 fully saturated rings. The van der Waals surface area contributed by atoms with Crippen molar-refractivity contribution >= 4 is 15.9 Å². The fourth-order valence-electron chi connectivity index (χ4n) is 3.52. The highest BCUT2D eigenvalue weighted by atomic mass is 32.2. The topological polar surface area (TPSA) is 72.3 Å². The van der Waals surface area contributed by atoms with Crippen molar-refractivity contribution in [1.82, 2.24) is 14.1 Å². The van der Waals surface area contributed by atoms with Crippen LogP contribution in [0.4, 0.5) is 0 Å². The Morgan fingerprint density at radius 1 is 1.16 bits per heavy atom. The van der Waals surface area contributed by atoms with Crippen LogP contribution in [0.15, 0.2) is 29.2 Å². The van der Waals surface area contributed by atoms with E-state index in [1.54, 1.807) is 13.8 Å². The Morgan fingerprint density at radius 2 is 1.84 bits per heavy atom. The first-order valence-electron chi connectivity index (χ1n) is 8.57. The fourth-order valence-corrected chi connectivity index (χ4v) is 5.30. The van der Waals surface area contributed by atoms with Crippen LogP contribution in [0.2, 0.25) is 0 Å². The van der Waals surface area contributed by atoms with Gasteiger partial charge in [0.25, 0.3) is 0 Å². The third kappa shape index (κ3) is 2.71. The average Bonchev–Trinajstić information content (AvgIpc) is 3.39. The van der Waals surface area contributed by atoms with Gasteiger partial charge in [0, 0.05) is 19.0 Å². The van der Waals surface area contributed by atoms with Gasteiger partial charge in [-0.1, -0.05) is 24.3 Å². The molecular weight excluding hydrogens is 338 g/mol. The van der Waals surface area contributed by atoms with Crippen LogP contribution in [-0.2, 0) is 23.0 Å². The fraction of sp³-hybridized carbons (Fsp3) is 0.444. The lowest BCUT2D eigenvalue weighted by molar-refractivity contribution is 0.0866. The van der Waals surface area contributed by atoms with E-state index in [0.717, 1.165) is 18.4 Å². The summed E-state index contributed by atoms with van der Waals surface area (Å²) in [5.41, 5.74) is 3.05. The zero-order valence-corrected chi connectivity index (χ0v) is 15.2. The van der Waals surface area contributed by atoms with E-state index in [4.69, 9.17) is 0 Å². The molecule has 2 aliphatic rings. The van der Waals surface area contributed by atoms with Crippen LogP contribution in [0.25, 0.3) is 0 Å². The molecule has 1 saturated carbocycles. The number of sulfonamides is 1. The van der Waals surface area contributed by atoms with Gasteiger partial charge in [-0.15, -0.1) is 0 Å². The monoisotopic (exact) mass is 359 g/mol. The molecule has 0 bridgehead atoms. The average molecular weight is 359 g/mol. The third-order valence-corrected chi connectivity index (χ3v) is 7.15. The minimum Gasteiger partial charge on any atom is -0.272 e. The molecule has 1 aliphatic carbocycles. The molecule has 0 spiro atoms. The number of hydrogen-bond donors (Lipinski definition) is 0. The van der Waals surface area contributed by atoms with E-state index in [9.17, 15) is 13.2 Å². The van der Waals surface area contributed by atoms with Gasteiger partial charge in [-0.2, -0.15) is 9.40 Å². The summed E-state index contributed by atoms with van der Waals surface area (Å²) < 4.78 is 29.2. The minimum absolute atomic E-state index is 0.00424. The molecule has 6 nitrogen and oxygen atoms in total. The normalized spacial score (nSPS) is 18.2. The molecule has 4 rings (SSSR count). The summed E-state index contributed by atoms with van der Waals surface area (Å²) in [5, 5.41) is 4.24. The third-order valence-electron chi connectivity index (χ3n) is 5.05. The number of hydrogen-bond acceptors (Lipinski definition) is 4. The van der Waals surface area contributed by atoms with Gasteiger partial charge in [0.15, 0.2) is 0 Å². The lowest BCUT2D eigenvalue weighted by atomic mass is 10.0. The minimum atomic E-state index is -3.69. The summed E-state index contributed by atoms with van der Waals surface area (Å²) in [5.74, 6) is -0.0959. The number of carbonyl (C=O) groups excluding carboxylic acids is 1. The molecule has 0 unspecified atom stereocenters. The molecule has 0 N–H and O–H groups in total. The lowest BCUT2D eigenvalue weighted by Crippen LogP contribution is -2.36. The predicted octanol–water partition coefficient (Wildman–Crippen LogP) is 2.30. The van der Waals surface area contributed by atoms with Crippen molar-refractivity contribution in [3.8, 4) is 0 Å². The first-order valence-corrected chi connectivity index (χ1v) is 10.0. The Labute approximate surface area is 147 Å². The summed E-state index contributed by atoms with van der Waals surface area (Å²) in [6, 6.07) is 7.92. The molecule has 2 aromatic rings. The summed E-state index contributed by atoms with van der Waals surface area (Å²) >= 11 is 0. The summed E-state index contributed by atoms with van der Waals surface area (Å²) in [7, 11) is -3.69. The van der Waals surface area contributed by atoms with Crippen molar-refractivity contribution in [2.75, 3.05) is 6.54 Å². The summed E-state index contributed by atoms with van der Waals surface area (Å²) in [6.45, 7) is 4.14. The highest BCUT2D eigenvalue weighted by Crippen LogP contribution is 2.33. The molecule has 1 aromatic carbocycles. The lowest BCUT2D eigenvalue weighted by Gasteiger charge is -2.28. The van der Waals surface area contributed by atoms with Crippen molar-refractivity contribution < 1.29 is 13.2 Å². The van der Waals surface area contributed by atoms with E-state index in [1.807, 2.05) is 24.3 Å². The number of aryl methyl sites for hydroxylation is 1. The van der Waals surface area contributed by atoms with E-state index >= 15 is 0 Å². The van der Waals surface area contributed by atoms with E-state index in [2.05, 4.69) is 5.10 Å².